The molecule has 0 saturated heterocycles. The van der Waals surface area contributed by atoms with E-state index in [1.54, 1.807) is 12.1 Å². The largest absolute Gasteiger partial charge is 0.467 e. The molecule has 0 fully saturated rings. The molecule has 1 heterocycles. The number of nitro benzene ring substituents is 2. The van der Waals surface area contributed by atoms with Gasteiger partial charge in [-0.15, -0.1) is 0 Å². The third kappa shape index (κ3) is 6.53. The molecule has 0 aliphatic carbocycles. The quantitative estimate of drug-likeness (QED) is 0.365. The number of carbonyl (C=O) groups excluding carboxylic acids is 2. The van der Waals surface area contributed by atoms with E-state index >= 15 is 0 Å². The smallest absolute Gasteiger partial charge is 0.279 e. The average Bonchev–Trinajstić information content (AvgIpc) is 3.18. The van der Waals surface area contributed by atoms with Crippen LogP contribution in [0.4, 0.5) is 11.4 Å². The van der Waals surface area contributed by atoms with Gasteiger partial charge >= 0.3 is 0 Å². The normalized spacial score (nSPS) is 11.0. The van der Waals surface area contributed by atoms with Crippen molar-refractivity contribution >= 4 is 28.9 Å². The van der Waals surface area contributed by atoms with Crippen LogP contribution in [-0.4, -0.2) is 27.4 Å². The second-order valence-electron chi connectivity index (χ2n) is 5.92. The zero-order chi connectivity index (χ0) is 21.4. The van der Waals surface area contributed by atoms with Crippen LogP contribution in [0.3, 0.4) is 0 Å². The molecule has 0 bridgehead atoms. The maximum atomic E-state index is 12.0. The first-order valence-corrected chi connectivity index (χ1v) is 8.29. The molecule has 2 N–H and O–H groups in total. The van der Waals surface area contributed by atoms with Crippen LogP contribution in [0.1, 0.15) is 24.7 Å². The van der Waals surface area contributed by atoms with E-state index in [1.807, 2.05) is 0 Å². The van der Waals surface area contributed by atoms with Crippen molar-refractivity contribution in [2.75, 3.05) is 0 Å². The summed E-state index contributed by atoms with van der Waals surface area (Å²) in [5, 5.41) is 28.2. The lowest BCUT2D eigenvalue weighted by atomic mass is 10.1. The van der Waals surface area contributed by atoms with Gasteiger partial charge in [0.25, 0.3) is 11.4 Å². The van der Waals surface area contributed by atoms with Gasteiger partial charge in [-0.25, -0.2) is 5.43 Å². The molecule has 1 aromatic carbocycles. The Morgan fingerprint density at radius 2 is 1.90 bits per heavy atom. The van der Waals surface area contributed by atoms with Crippen molar-refractivity contribution in [3.63, 3.8) is 0 Å². The first kappa shape index (κ1) is 21.2. The standard InChI is InChI=1S/C17H17N5O7/c1-11(7-16(23)18-10-14-3-2-6-29-14)19-20-17(24)8-12-4-5-13(21(25)26)9-15(12)22(27)28/h2-6,9H,7-8,10H2,1H3,(H,18,23)(H,20,24)/b19-11-. The second kappa shape index (κ2) is 9.73. The van der Waals surface area contributed by atoms with Gasteiger partial charge in [0.05, 0.1) is 41.6 Å². The summed E-state index contributed by atoms with van der Waals surface area (Å²) in [6, 6.07) is 6.42. The highest BCUT2D eigenvalue weighted by molar-refractivity contribution is 6.00. The molecule has 0 atom stereocenters. The van der Waals surface area contributed by atoms with Crippen LogP contribution in [-0.2, 0) is 22.6 Å². The van der Waals surface area contributed by atoms with Crippen LogP contribution in [0.15, 0.2) is 46.1 Å². The van der Waals surface area contributed by atoms with Gasteiger partial charge in [0.15, 0.2) is 0 Å². The van der Waals surface area contributed by atoms with E-state index < -0.39 is 33.5 Å². The van der Waals surface area contributed by atoms with Crippen LogP contribution >= 0.6 is 0 Å². The predicted molar refractivity (Wildman–Crippen MR) is 99.9 cm³/mol. The van der Waals surface area contributed by atoms with E-state index in [2.05, 4.69) is 15.8 Å². The maximum Gasteiger partial charge on any atom is 0.279 e. The third-order valence-corrected chi connectivity index (χ3v) is 3.66. The summed E-state index contributed by atoms with van der Waals surface area (Å²) in [5.74, 6) is -0.411. The Hall–Kier alpha value is -4.09. The van der Waals surface area contributed by atoms with Crippen molar-refractivity contribution in [2.45, 2.75) is 26.3 Å². The number of hydrogen-bond donors (Lipinski definition) is 2. The fraction of sp³-hybridized carbons (Fsp3) is 0.235. The maximum absolute atomic E-state index is 12.0. The molecular formula is C17H17N5O7. The highest BCUT2D eigenvalue weighted by Crippen LogP contribution is 2.24. The zero-order valence-electron chi connectivity index (χ0n) is 15.3. The Labute approximate surface area is 163 Å². The number of nitrogens with zero attached hydrogens (tertiary/aromatic N) is 3. The van der Waals surface area contributed by atoms with Crippen LogP contribution in [0.25, 0.3) is 0 Å². The number of nitro groups is 2. The summed E-state index contributed by atoms with van der Waals surface area (Å²) < 4.78 is 5.08. The summed E-state index contributed by atoms with van der Waals surface area (Å²) in [6.07, 6.45) is 1.01. The summed E-state index contributed by atoms with van der Waals surface area (Å²) in [4.78, 5) is 44.1. The molecule has 2 aromatic rings. The number of non-ortho nitro benzene ring substituents is 1. The number of amides is 2. The molecule has 0 spiro atoms. The average molecular weight is 403 g/mol. The van der Waals surface area contributed by atoms with E-state index in [4.69, 9.17) is 4.42 Å². The Bertz CT molecular complexity index is 953. The Morgan fingerprint density at radius 3 is 2.52 bits per heavy atom. The van der Waals surface area contributed by atoms with Crippen LogP contribution in [0, 0.1) is 20.2 Å². The fourth-order valence-corrected chi connectivity index (χ4v) is 2.29. The number of nitrogens with one attached hydrogen (secondary N) is 2. The van der Waals surface area contributed by atoms with Crippen molar-refractivity contribution in [1.29, 1.82) is 0 Å². The minimum Gasteiger partial charge on any atom is -0.467 e. The molecule has 2 amide bonds. The molecule has 0 aliphatic heterocycles. The molecular weight excluding hydrogens is 386 g/mol. The van der Waals surface area contributed by atoms with E-state index in [0.717, 1.165) is 18.2 Å². The molecule has 0 radical (unpaired) electrons. The fourth-order valence-electron chi connectivity index (χ4n) is 2.29. The van der Waals surface area contributed by atoms with Crippen molar-refractivity contribution < 1.29 is 23.9 Å². The van der Waals surface area contributed by atoms with Gasteiger partial charge in [0.2, 0.25) is 11.8 Å². The summed E-state index contributed by atoms with van der Waals surface area (Å²) >= 11 is 0. The van der Waals surface area contributed by atoms with Gasteiger partial charge in [0, 0.05) is 17.3 Å². The molecule has 12 nitrogen and oxygen atoms in total. The first-order chi connectivity index (χ1) is 13.8. The van der Waals surface area contributed by atoms with Crippen molar-refractivity contribution in [3.05, 3.63) is 68.1 Å². The van der Waals surface area contributed by atoms with Gasteiger partial charge in [-0.3, -0.25) is 29.8 Å². The van der Waals surface area contributed by atoms with Gasteiger partial charge in [-0.2, -0.15) is 5.10 Å². The van der Waals surface area contributed by atoms with Gasteiger partial charge in [-0.05, 0) is 25.1 Å². The molecule has 12 heteroatoms. The van der Waals surface area contributed by atoms with Gasteiger partial charge in [0.1, 0.15) is 5.76 Å². The third-order valence-electron chi connectivity index (χ3n) is 3.66. The van der Waals surface area contributed by atoms with E-state index in [-0.39, 0.29) is 24.4 Å². The van der Waals surface area contributed by atoms with Gasteiger partial charge < -0.3 is 9.73 Å². The van der Waals surface area contributed by atoms with Crippen LogP contribution in [0.5, 0.6) is 0 Å². The number of carbonyl (C=O) groups is 2. The zero-order valence-corrected chi connectivity index (χ0v) is 15.3. The number of furan rings is 1. The van der Waals surface area contributed by atoms with Crippen LogP contribution < -0.4 is 10.7 Å². The minimum atomic E-state index is -0.798. The molecule has 1 aromatic heterocycles. The van der Waals surface area contributed by atoms with Crippen molar-refractivity contribution in [2.24, 2.45) is 5.10 Å². The minimum absolute atomic E-state index is 0.00199. The monoisotopic (exact) mass is 403 g/mol. The number of benzene rings is 1. The van der Waals surface area contributed by atoms with Gasteiger partial charge in [-0.1, -0.05) is 0 Å². The van der Waals surface area contributed by atoms with Crippen molar-refractivity contribution in [3.8, 4) is 0 Å². The summed E-state index contributed by atoms with van der Waals surface area (Å²) in [5.41, 5.74) is 1.54. The number of hydrogen-bond acceptors (Lipinski definition) is 8. The highest BCUT2D eigenvalue weighted by Gasteiger charge is 2.21. The van der Waals surface area contributed by atoms with E-state index in [1.165, 1.54) is 13.2 Å². The van der Waals surface area contributed by atoms with E-state index in [0.29, 0.717) is 11.5 Å². The first-order valence-electron chi connectivity index (χ1n) is 8.29. The Balaban J connectivity index is 1.90. The molecule has 2 rings (SSSR count). The topological polar surface area (TPSA) is 170 Å². The van der Waals surface area contributed by atoms with E-state index in [9.17, 15) is 29.8 Å². The SMILES string of the molecule is C/C(CC(=O)NCc1ccco1)=N/NC(=O)Cc1ccc([N+](=O)[O-])cc1[N+](=O)[O-]. The predicted octanol–water partition coefficient (Wildman–Crippen LogP) is 1.84. The Kier molecular flexibility index (Phi) is 7.12. The molecule has 0 saturated carbocycles. The summed E-state index contributed by atoms with van der Waals surface area (Å²) in [6.45, 7) is 1.75. The Morgan fingerprint density at radius 1 is 1.14 bits per heavy atom. The second-order valence-corrected chi connectivity index (χ2v) is 5.92. The molecule has 152 valence electrons. The molecule has 0 aliphatic rings. The van der Waals surface area contributed by atoms with Crippen molar-refractivity contribution in [1.82, 2.24) is 10.7 Å². The van der Waals surface area contributed by atoms with Crippen LogP contribution in [0.2, 0.25) is 0 Å². The lowest BCUT2D eigenvalue weighted by Crippen LogP contribution is -2.26. The highest BCUT2D eigenvalue weighted by atomic mass is 16.6. The number of hydrazone groups is 1. The lowest BCUT2D eigenvalue weighted by Gasteiger charge is -2.05. The molecule has 0 unspecified atom stereocenters. The summed E-state index contributed by atoms with van der Waals surface area (Å²) in [7, 11) is 0. The number of rotatable bonds is 9. The molecule has 29 heavy (non-hydrogen) atoms. The lowest BCUT2D eigenvalue weighted by molar-refractivity contribution is -0.394.